The van der Waals surface area contributed by atoms with Crippen LogP contribution in [0.5, 0.6) is 5.75 Å². The summed E-state index contributed by atoms with van der Waals surface area (Å²) < 4.78 is 24.1. The summed E-state index contributed by atoms with van der Waals surface area (Å²) in [5, 5.41) is 2.59. The van der Waals surface area contributed by atoms with Crippen LogP contribution >= 0.6 is 0 Å². The van der Waals surface area contributed by atoms with E-state index in [0.717, 1.165) is 12.0 Å². The standard InChI is InChI=1S/C18H20FNO3/c1-2-23-17-9-8-15(12-16(17)19)20-18(21)13-22-11-10-14-6-4-3-5-7-14/h3-9,12H,2,10-11,13H2,1H3,(H,20,21). The zero-order valence-corrected chi connectivity index (χ0v) is 13.0. The lowest BCUT2D eigenvalue weighted by Gasteiger charge is -2.09. The lowest BCUT2D eigenvalue weighted by atomic mass is 10.2. The number of rotatable bonds is 8. The molecule has 5 heteroatoms. The van der Waals surface area contributed by atoms with Gasteiger partial charge in [-0.15, -0.1) is 0 Å². The molecule has 1 amide bonds. The van der Waals surface area contributed by atoms with E-state index in [1.165, 1.54) is 12.1 Å². The molecule has 0 aliphatic carbocycles. The van der Waals surface area contributed by atoms with Gasteiger partial charge in [-0.2, -0.15) is 0 Å². The fraction of sp³-hybridized carbons (Fsp3) is 0.278. The number of hydrogen-bond donors (Lipinski definition) is 1. The molecule has 0 fully saturated rings. The summed E-state index contributed by atoms with van der Waals surface area (Å²) in [5.74, 6) is -0.652. The highest BCUT2D eigenvalue weighted by Crippen LogP contribution is 2.21. The molecule has 0 saturated heterocycles. The van der Waals surface area contributed by atoms with Crippen molar-refractivity contribution in [3.05, 3.63) is 59.9 Å². The first-order chi connectivity index (χ1) is 11.2. The Balaban J connectivity index is 1.73. The molecule has 2 aromatic rings. The van der Waals surface area contributed by atoms with E-state index in [0.29, 0.717) is 18.9 Å². The van der Waals surface area contributed by atoms with Gasteiger partial charge in [-0.3, -0.25) is 4.79 Å². The molecular weight excluding hydrogens is 297 g/mol. The lowest BCUT2D eigenvalue weighted by molar-refractivity contribution is -0.120. The summed E-state index contributed by atoms with van der Waals surface area (Å²) >= 11 is 0. The van der Waals surface area contributed by atoms with Gasteiger partial charge in [0.15, 0.2) is 11.6 Å². The number of benzene rings is 2. The first kappa shape index (κ1) is 17.0. The number of amides is 1. The highest BCUT2D eigenvalue weighted by Gasteiger charge is 2.07. The Hall–Kier alpha value is -2.40. The molecule has 1 N–H and O–H groups in total. The van der Waals surface area contributed by atoms with Gasteiger partial charge in [0.1, 0.15) is 6.61 Å². The van der Waals surface area contributed by atoms with E-state index < -0.39 is 5.82 Å². The van der Waals surface area contributed by atoms with E-state index in [-0.39, 0.29) is 18.3 Å². The number of anilines is 1. The van der Waals surface area contributed by atoms with E-state index in [4.69, 9.17) is 9.47 Å². The molecule has 0 atom stereocenters. The molecule has 0 saturated carbocycles. The quantitative estimate of drug-likeness (QED) is 0.759. The Bertz CT molecular complexity index is 631. The predicted molar refractivity (Wildman–Crippen MR) is 87.2 cm³/mol. The average molecular weight is 317 g/mol. The molecule has 0 aliphatic rings. The zero-order valence-electron chi connectivity index (χ0n) is 13.0. The van der Waals surface area contributed by atoms with Crippen LogP contribution in [0.4, 0.5) is 10.1 Å². The van der Waals surface area contributed by atoms with E-state index >= 15 is 0 Å². The number of carbonyl (C=O) groups excluding carboxylic acids is 1. The van der Waals surface area contributed by atoms with Crippen molar-refractivity contribution in [1.82, 2.24) is 0 Å². The molecule has 0 radical (unpaired) electrons. The molecule has 0 spiro atoms. The molecule has 2 rings (SSSR count). The van der Waals surface area contributed by atoms with Crippen LogP contribution in [0.25, 0.3) is 0 Å². The largest absolute Gasteiger partial charge is 0.491 e. The maximum atomic E-state index is 13.7. The third-order valence-corrected chi connectivity index (χ3v) is 3.13. The summed E-state index contributed by atoms with van der Waals surface area (Å²) in [6, 6.07) is 14.2. The van der Waals surface area contributed by atoms with Crippen LogP contribution in [0.3, 0.4) is 0 Å². The van der Waals surface area contributed by atoms with Crippen molar-refractivity contribution in [2.45, 2.75) is 13.3 Å². The summed E-state index contributed by atoms with van der Waals surface area (Å²) in [6.45, 7) is 2.55. The molecule has 122 valence electrons. The Morgan fingerprint density at radius 1 is 1.17 bits per heavy atom. The lowest BCUT2D eigenvalue weighted by Crippen LogP contribution is -2.19. The number of ether oxygens (including phenoxy) is 2. The summed E-state index contributed by atoms with van der Waals surface area (Å²) in [5.41, 5.74) is 1.53. The summed E-state index contributed by atoms with van der Waals surface area (Å²) in [4.78, 5) is 11.8. The van der Waals surface area contributed by atoms with Gasteiger partial charge in [0, 0.05) is 11.8 Å². The number of carbonyl (C=O) groups is 1. The average Bonchev–Trinajstić information content (AvgIpc) is 2.55. The van der Waals surface area contributed by atoms with Crippen LogP contribution in [-0.2, 0) is 16.0 Å². The molecule has 0 aromatic heterocycles. The summed E-state index contributed by atoms with van der Waals surface area (Å²) in [6.07, 6.45) is 0.742. The summed E-state index contributed by atoms with van der Waals surface area (Å²) in [7, 11) is 0. The van der Waals surface area contributed by atoms with Crippen LogP contribution < -0.4 is 10.1 Å². The van der Waals surface area contributed by atoms with Gasteiger partial charge in [-0.1, -0.05) is 30.3 Å². The van der Waals surface area contributed by atoms with Crippen LogP contribution in [0, 0.1) is 5.82 Å². The van der Waals surface area contributed by atoms with Gasteiger partial charge < -0.3 is 14.8 Å². The SMILES string of the molecule is CCOc1ccc(NC(=O)COCCc2ccccc2)cc1F. The van der Waals surface area contributed by atoms with Crippen molar-refractivity contribution in [3.8, 4) is 5.75 Å². The van der Waals surface area contributed by atoms with Gasteiger partial charge in [0.2, 0.25) is 5.91 Å². The molecule has 4 nitrogen and oxygen atoms in total. The van der Waals surface area contributed by atoms with Crippen LogP contribution in [0.15, 0.2) is 48.5 Å². The van der Waals surface area contributed by atoms with Gasteiger partial charge in [-0.25, -0.2) is 4.39 Å². The first-order valence-corrected chi connectivity index (χ1v) is 7.53. The predicted octanol–water partition coefficient (Wildman–Crippen LogP) is 3.42. The molecule has 0 bridgehead atoms. The van der Waals surface area contributed by atoms with E-state index in [2.05, 4.69) is 5.32 Å². The second-order valence-corrected chi connectivity index (χ2v) is 4.91. The second kappa shape index (κ2) is 8.90. The monoisotopic (exact) mass is 317 g/mol. The number of hydrogen-bond acceptors (Lipinski definition) is 3. The number of nitrogens with one attached hydrogen (secondary N) is 1. The molecular formula is C18H20FNO3. The van der Waals surface area contributed by atoms with E-state index in [9.17, 15) is 9.18 Å². The van der Waals surface area contributed by atoms with Crippen molar-refractivity contribution < 1.29 is 18.7 Å². The topological polar surface area (TPSA) is 47.6 Å². The normalized spacial score (nSPS) is 10.3. The van der Waals surface area contributed by atoms with Crippen LogP contribution in [0.1, 0.15) is 12.5 Å². The first-order valence-electron chi connectivity index (χ1n) is 7.53. The molecule has 0 heterocycles. The Morgan fingerprint density at radius 3 is 2.65 bits per heavy atom. The number of halogens is 1. The molecule has 0 aliphatic heterocycles. The Labute approximate surface area is 135 Å². The Kier molecular flexibility index (Phi) is 6.56. The second-order valence-electron chi connectivity index (χ2n) is 4.91. The third kappa shape index (κ3) is 5.71. The van der Waals surface area contributed by atoms with Crippen molar-refractivity contribution >= 4 is 11.6 Å². The van der Waals surface area contributed by atoms with Crippen molar-refractivity contribution in [2.75, 3.05) is 25.1 Å². The minimum absolute atomic E-state index is 0.0678. The zero-order chi connectivity index (χ0) is 16.5. The van der Waals surface area contributed by atoms with Gasteiger partial charge in [0.05, 0.1) is 13.2 Å². The highest BCUT2D eigenvalue weighted by molar-refractivity contribution is 5.91. The molecule has 2 aromatic carbocycles. The van der Waals surface area contributed by atoms with Crippen LogP contribution in [0.2, 0.25) is 0 Å². The minimum Gasteiger partial charge on any atom is -0.491 e. The van der Waals surface area contributed by atoms with Gasteiger partial charge >= 0.3 is 0 Å². The fourth-order valence-electron chi connectivity index (χ4n) is 2.05. The van der Waals surface area contributed by atoms with Gasteiger partial charge in [-0.05, 0) is 31.0 Å². The van der Waals surface area contributed by atoms with Crippen LogP contribution in [-0.4, -0.2) is 25.7 Å². The maximum Gasteiger partial charge on any atom is 0.250 e. The fourth-order valence-corrected chi connectivity index (χ4v) is 2.05. The van der Waals surface area contributed by atoms with Crippen molar-refractivity contribution in [3.63, 3.8) is 0 Å². The smallest absolute Gasteiger partial charge is 0.250 e. The maximum absolute atomic E-state index is 13.7. The van der Waals surface area contributed by atoms with E-state index in [1.54, 1.807) is 13.0 Å². The highest BCUT2D eigenvalue weighted by atomic mass is 19.1. The van der Waals surface area contributed by atoms with Gasteiger partial charge in [0.25, 0.3) is 0 Å². The Morgan fingerprint density at radius 2 is 1.96 bits per heavy atom. The van der Waals surface area contributed by atoms with Crippen molar-refractivity contribution in [2.24, 2.45) is 0 Å². The molecule has 23 heavy (non-hydrogen) atoms. The minimum atomic E-state index is -0.505. The van der Waals surface area contributed by atoms with Crippen molar-refractivity contribution in [1.29, 1.82) is 0 Å². The molecule has 0 unspecified atom stereocenters. The van der Waals surface area contributed by atoms with E-state index in [1.807, 2.05) is 30.3 Å². The third-order valence-electron chi connectivity index (χ3n) is 3.13.